The third kappa shape index (κ3) is 5.24. The van der Waals surface area contributed by atoms with Gasteiger partial charge in [0.25, 0.3) is 0 Å². The summed E-state index contributed by atoms with van der Waals surface area (Å²) in [7, 11) is 3.91. The van der Waals surface area contributed by atoms with Crippen LogP contribution in [0.1, 0.15) is 39.5 Å². The predicted octanol–water partition coefficient (Wildman–Crippen LogP) is 2.27. The molecule has 0 aliphatic heterocycles. The quantitative estimate of drug-likeness (QED) is 0.348. The zero-order chi connectivity index (χ0) is 10.3. The van der Waals surface area contributed by atoms with Crippen molar-refractivity contribution >= 4 is 0 Å². The van der Waals surface area contributed by atoms with Crippen molar-refractivity contribution in [2.24, 2.45) is 0 Å². The first kappa shape index (κ1) is 12.9. The van der Waals surface area contributed by atoms with Crippen LogP contribution in [-0.4, -0.2) is 36.8 Å². The molecular weight excluding hydrogens is 164 g/mol. The molecule has 3 heteroatoms. The standard InChI is InChI=1S/C10H23N2O/c1-5-7-8-9-12(13)10(6-2)11(3)4/h10H,5-9H2,1-4H3/q-1. The van der Waals surface area contributed by atoms with Gasteiger partial charge in [0.2, 0.25) is 0 Å². The molecule has 0 radical (unpaired) electrons. The summed E-state index contributed by atoms with van der Waals surface area (Å²) in [6, 6.07) is 0. The third-order valence-electron chi connectivity index (χ3n) is 2.28. The molecule has 13 heavy (non-hydrogen) atoms. The summed E-state index contributed by atoms with van der Waals surface area (Å²) >= 11 is 0. The van der Waals surface area contributed by atoms with Crippen molar-refractivity contribution in [3.8, 4) is 0 Å². The molecule has 0 saturated heterocycles. The highest BCUT2D eigenvalue weighted by atomic mass is 16.5. The Morgan fingerprint density at radius 3 is 2.15 bits per heavy atom. The molecule has 0 bridgehead atoms. The number of hydroxylamine groups is 2. The van der Waals surface area contributed by atoms with Gasteiger partial charge in [0.05, 0.1) is 0 Å². The molecule has 0 N–H and O–H groups in total. The average molecular weight is 187 g/mol. The van der Waals surface area contributed by atoms with E-state index in [9.17, 15) is 5.21 Å². The predicted molar refractivity (Wildman–Crippen MR) is 57.4 cm³/mol. The molecule has 0 aliphatic carbocycles. The summed E-state index contributed by atoms with van der Waals surface area (Å²) in [6.45, 7) is 4.87. The van der Waals surface area contributed by atoms with E-state index in [1.165, 1.54) is 11.5 Å². The van der Waals surface area contributed by atoms with Gasteiger partial charge in [0, 0.05) is 6.17 Å². The van der Waals surface area contributed by atoms with Crippen LogP contribution in [0.4, 0.5) is 0 Å². The first-order valence-corrected chi connectivity index (χ1v) is 5.23. The molecule has 1 atom stereocenters. The molecule has 0 saturated carbocycles. The SMILES string of the molecule is CCCCCN([O-])C(CC)N(C)C. The van der Waals surface area contributed by atoms with Gasteiger partial charge >= 0.3 is 0 Å². The van der Waals surface area contributed by atoms with Crippen LogP contribution in [-0.2, 0) is 0 Å². The Morgan fingerprint density at radius 2 is 1.77 bits per heavy atom. The van der Waals surface area contributed by atoms with Crippen LogP contribution in [0.3, 0.4) is 0 Å². The molecule has 1 unspecified atom stereocenters. The molecule has 0 aromatic rings. The summed E-state index contributed by atoms with van der Waals surface area (Å²) in [5.41, 5.74) is 0. The van der Waals surface area contributed by atoms with E-state index in [1.54, 1.807) is 0 Å². The summed E-state index contributed by atoms with van der Waals surface area (Å²) in [5, 5.41) is 12.8. The fraction of sp³-hybridized carbons (Fsp3) is 1.00. The molecule has 0 aromatic carbocycles. The Kier molecular flexibility index (Phi) is 7.23. The highest BCUT2D eigenvalue weighted by molar-refractivity contribution is 4.67. The lowest BCUT2D eigenvalue weighted by Crippen LogP contribution is -2.41. The van der Waals surface area contributed by atoms with E-state index in [0.717, 1.165) is 19.3 Å². The van der Waals surface area contributed by atoms with Gasteiger partial charge in [-0.05, 0) is 33.5 Å². The van der Waals surface area contributed by atoms with Gasteiger partial charge in [-0.1, -0.05) is 26.7 Å². The van der Waals surface area contributed by atoms with Gasteiger partial charge in [-0.25, -0.2) is 0 Å². The van der Waals surface area contributed by atoms with E-state index in [2.05, 4.69) is 13.8 Å². The van der Waals surface area contributed by atoms with Crippen molar-refractivity contribution < 1.29 is 0 Å². The highest BCUT2D eigenvalue weighted by Crippen LogP contribution is 2.07. The second-order valence-electron chi connectivity index (χ2n) is 3.70. The maximum atomic E-state index is 11.6. The van der Waals surface area contributed by atoms with Crippen LogP contribution < -0.4 is 0 Å². The summed E-state index contributed by atoms with van der Waals surface area (Å²) < 4.78 is 0. The molecule has 0 aromatic heterocycles. The van der Waals surface area contributed by atoms with Crippen LogP contribution in [0.25, 0.3) is 0 Å². The van der Waals surface area contributed by atoms with Gasteiger partial charge in [-0.15, -0.1) is 0 Å². The minimum Gasteiger partial charge on any atom is -0.784 e. The molecule has 0 heterocycles. The van der Waals surface area contributed by atoms with Crippen molar-refractivity contribution in [1.82, 2.24) is 9.96 Å². The monoisotopic (exact) mass is 187 g/mol. The van der Waals surface area contributed by atoms with Crippen molar-refractivity contribution in [3.63, 3.8) is 0 Å². The molecule has 0 aliphatic rings. The molecule has 0 spiro atoms. The number of hydrogen-bond acceptors (Lipinski definition) is 3. The Morgan fingerprint density at radius 1 is 1.15 bits per heavy atom. The minimum absolute atomic E-state index is 0.0526. The van der Waals surface area contributed by atoms with E-state index < -0.39 is 0 Å². The minimum atomic E-state index is 0.0526. The lowest BCUT2D eigenvalue weighted by Gasteiger charge is -2.40. The largest absolute Gasteiger partial charge is 0.784 e. The van der Waals surface area contributed by atoms with E-state index in [-0.39, 0.29) is 6.17 Å². The molecule has 0 amide bonds. The van der Waals surface area contributed by atoms with Crippen molar-refractivity contribution in [3.05, 3.63) is 5.21 Å². The van der Waals surface area contributed by atoms with Crippen LogP contribution in [0.15, 0.2) is 0 Å². The van der Waals surface area contributed by atoms with Crippen molar-refractivity contribution in [2.75, 3.05) is 20.6 Å². The second-order valence-corrected chi connectivity index (χ2v) is 3.70. The number of unbranched alkanes of at least 4 members (excludes halogenated alkanes) is 2. The van der Waals surface area contributed by atoms with E-state index in [0.29, 0.717) is 6.54 Å². The first-order chi connectivity index (χ1) is 6.13. The lowest BCUT2D eigenvalue weighted by atomic mass is 10.2. The number of nitrogens with zero attached hydrogens (tertiary/aromatic N) is 2. The molecule has 0 fully saturated rings. The fourth-order valence-corrected chi connectivity index (χ4v) is 1.49. The zero-order valence-corrected chi connectivity index (χ0v) is 9.42. The van der Waals surface area contributed by atoms with E-state index in [1.807, 2.05) is 19.0 Å². The second kappa shape index (κ2) is 7.30. The van der Waals surface area contributed by atoms with E-state index >= 15 is 0 Å². The normalized spacial score (nSPS) is 14.1. The first-order valence-electron chi connectivity index (χ1n) is 5.23. The zero-order valence-electron chi connectivity index (χ0n) is 9.42. The smallest absolute Gasteiger partial charge is 0.0499 e. The molecular formula is C10H23N2O-. The molecule has 0 rings (SSSR count). The number of hydrogen-bond donors (Lipinski definition) is 0. The van der Waals surface area contributed by atoms with Gasteiger partial charge in [-0.2, -0.15) is 0 Å². The highest BCUT2D eigenvalue weighted by Gasteiger charge is 2.09. The average Bonchev–Trinajstić information content (AvgIpc) is 2.05. The van der Waals surface area contributed by atoms with Crippen LogP contribution >= 0.6 is 0 Å². The maximum Gasteiger partial charge on any atom is 0.0499 e. The third-order valence-corrected chi connectivity index (χ3v) is 2.28. The summed E-state index contributed by atoms with van der Waals surface area (Å²) in [6.07, 6.45) is 4.29. The molecule has 80 valence electrons. The molecule has 3 nitrogen and oxygen atoms in total. The number of rotatable bonds is 7. The van der Waals surface area contributed by atoms with Crippen molar-refractivity contribution in [2.45, 2.75) is 45.7 Å². The van der Waals surface area contributed by atoms with Gasteiger partial charge in [0.1, 0.15) is 0 Å². The summed E-state index contributed by atoms with van der Waals surface area (Å²) in [4.78, 5) is 1.99. The Hall–Kier alpha value is -0.120. The van der Waals surface area contributed by atoms with Crippen molar-refractivity contribution in [1.29, 1.82) is 0 Å². The Balaban J connectivity index is 3.70. The van der Waals surface area contributed by atoms with Gasteiger partial charge < -0.3 is 10.3 Å². The van der Waals surface area contributed by atoms with Crippen LogP contribution in [0.2, 0.25) is 0 Å². The maximum absolute atomic E-state index is 11.6. The van der Waals surface area contributed by atoms with Crippen LogP contribution in [0.5, 0.6) is 0 Å². The van der Waals surface area contributed by atoms with Gasteiger partial charge in [0.15, 0.2) is 0 Å². The lowest BCUT2D eigenvalue weighted by molar-refractivity contribution is 0.118. The Labute approximate surface area is 82.3 Å². The van der Waals surface area contributed by atoms with Crippen LogP contribution in [0, 0.1) is 5.21 Å². The summed E-state index contributed by atoms with van der Waals surface area (Å²) in [5.74, 6) is 0. The van der Waals surface area contributed by atoms with Gasteiger partial charge in [-0.3, -0.25) is 4.90 Å². The fourth-order valence-electron chi connectivity index (χ4n) is 1.49. The Bertz CT molecular complexity index is 117. The van der Waals surface area contributed by atoms with E-state index in [4.69, 9.17) is 0 Å². The topological polar surface area (TPSA) is 29.5 Å².